The lowest BCUT2D eigenvalue weighted by Crippen LogP contribution is -2.10. The maximum Gasteiger partial charge on any atom is 0.248 e. The van der Waals surface area contributed by atoms with E-state index in [1.165, 1.54) is 0 Å². The Balaban J connectivity index is 1.84. The molecular formula is C23H20N4O2. The second-order valence-corrected chi connectivity index (χ2v) is 6.63. The Bertz CT molecular complexity index is 1160. The zero-order valence-corrected chi connectivity index (χ0v) is 16.2. The number of nitrogens with two attached hydrogens (primary N) is 1. The third-order valence-corrected chi connectivity index (χ3v) is 4.65. The molecule has 0 fully saturated rings. The van der Waals surface area contributed by atoms with E-state index in [0.29, 0.717) is 5.56 Å². The van der Waals surface area contributed by atoms with Crippen LogP contribution in [0.4, 0.5) is 0 Å². The summed E-state index contributed by atoms with van der Waals surface area (Å²) in [6.07, 6.45) is 0. The number of rotatable bonds is 5. The van der Waals surface area contributed by atoms with Gasteiger partial charge in [-0.05, 0) is 61.5 Å². The van der Waals surface area contributed by atoms with E-state index < -0.39 is 5.91 Å². The first-order valence-electron chi connectivity index (χ1n) is 9.14. The molecule has 2 heterocycles. The Labute approximate surface area is 168 Å². The standard InChI is InChI=1S/C23H20N4O2/c1-15-4-3-5-22(25-15)27-21(17-10-12-19(29-2)13-11-17)14-20(26-27)16-6-8-18(9-7-16)23(24)28/h3-14H,1-2H3,(H2,24,28). The second kappa shape index (κ2) is 7.59. The molecule has 144 valence electrons. The highest BCUT2D eigenvalue weighted by molar-refractivity contribution is 5.93. The fraction of sp³-hybridized carbons (Fsp3) is 0.0870. The Morgan fingerprint density at radius 2 is 1.66 bits per heavy atom. The van der Waals surface area contributed by atoms with Gasteiger partial charge < -0.3 is 10.5 Å². The van der Waals surface area contributed by atoms with Crippen molar-refractivity contribution >= 4 is 5.91 Å². The predicted octanol–water partition coefficient (Wildman–Crippen LogP) is 4.02. The molecule has 0 aliphatic heterocycles. The molecule has 0 saturated heterocycles. The summed E-state index contributed by atoms with van der Waals surface area (Å²) >= 11 is 0. The van der Waals surface area contributed by atoms with Gasteiger partial charge >= 0.3 is 0 Å². The quantitative estimate of drug-likeness (QED) is 0.563. The minimum absolute atomic E-state index is 0.454. The molecule has 0 bridgehead atoms. The molecule has 0 aliphatic rings. The van der Waals surface area contributed by atoms with Gasteiger partial charge in [-0.15, -0.1) is 0 Å². The van der Waals surface area contributed by atoms with Gasteiger partial charge in [-0.3, -0.25) is 4.79 Å². The minimum atomic E-state index is -0.454. The van der Waals surface area contributed by atoms with Gasteiger partial charge in [0.05, 0.1) is 18.5 Å². The average Bonchev–Trinajstić information content (AvgIpc) is 3.19. The SMILES string of the molecule is COc1ccc(-c2cc(-c3ccc(C(N)=O)cc3)nn2-c2cccc(C)n2)cc1. The second-order valence-electron chi connectivity index (χ2n) is 6.63. The lowest BCUT2D eigenvalue weighted by Gasteiger charge is -2.08. The van der Waals surface area contributed by atoms with Gasteiger partial charge in [0.15, 0.2) is 5.82 Å². The van der Waals surface area contributed by atoms with Gasteiger partial charge in [-0.1, -0.05) is 18.2 Å². The van der Waals surface area contributed by atoms with Crippen molar-refractivity contribution in [3.05, 3.63) is 84.1 Å². The third kappa shape index (κ3) is 3.73. The van der Waals surface area contributed by atoms with E-state index >= 15 is 0 Å². The number of hydrogen-bond acceptors (Lipinski definition) is 4. The van der Waals surface area contributed by atoms with Crippen molar-refractivity contribution in [1.82, 2.24) is 14.8 Å². The predicted molar refractivity (Wildman–Crippen MR) is 112 cm³/mol. The van der Waals surface area contributed by atoms with Gasteiger partial charge in [0.25, 0.3) is 0 Å². The zero-order chi connectivity index (χ0) is 20.4. The van der Waals surface area contributed by atoms with Crippen LogP contribution in [0.15, 0.2) is 72.8 Å². The van der Waals surface area contributed by atoms with E-state index in [2.05, 4.69) is 4.98 Å². The summed E-state index contributed by atoms with van der Waals surface area (Å²) < 4.78 is 7.09. The van der Waals surface area contributed by atoms with Gasteiger partial charge in [-0.25, -0.2) is 9.67 Å². The first-order chi connectivity index (χ1) is 14.0. The van der Waals surface area contributed by atoms with E-state index in [1.807, 2.05) is 72.3 Å². The molecule has 0 spiro atoms. The van der Waals surface area contributed by atoms with Crippen molar-refractivity contribution in [3.8, 4) is 34.1 Å². The molecule has 0 radical (unpaired) electrons. The number of ether oxygens (including phenoxy) is 1. The van der Waals surface area contributed by atoms with Crippen LogP contribution in [0.1, 0.15) is 16.1 Å². The number of amides is 1. The monoisotopic (exact) mass is 384 g/mol. The first kappa shape index (κ1) is 18.4. The number of hydrogen-bond donors (Lipinski definition) is 1. The van der Waals surface area contributed by atoms with E-state index in [0.717, 1.165) is 39.8 Å². The topological polar surface area (TPSA) is 83.0 Å². The number of benzene rings is 2. The van der Waals surface area contributed by atoms with Gasteiger partial charge in [0.1, 0.15) is 5.75 Å². The number of primary amides is 1. The molecule has 0 unspecified atom stereocenters. The summed E-state index contributed by atoms with van der Waals surface area (Å²) in [6, 6.07) is 22.7. The van der Waals surface area contributed by atoms with Crippen LogP contribution in [0.3, 0.4) is 0 Å². The molecule has 29 heavy (non-hydrogen) atoms. The Hall–Kier alpha value is -3.93. The molecule has 6 nitrogen and oxygen atoms in total. The first-order valence-corrected chi connectivity index (χ1v) is 9.14. The summed E-state index contributed by atoms with van der Waals surface area (Å²) in [5, 5.41) is 4.79. The largest absolute Gasteiger partial charge is 0.497 e. The van der Waals surface area contributed by atoms with E-state index in [1.54, 1.807) is 19.2 Å². The number of pyridine rings is 1. The lowest BCUT2D eigenvalue weighted by molar-refractivity contribution is 0.100. The molecule has 6 heteroatoms. The van der Waals surface area contributed by atoms with Gasteiger partial charge in [-0.2, -0.15) is 5.10 Å². The van der Waals surface area contributed by atoms with Crippen LogP contribution < -0.4 is 10.5 Å². The molecule has 0 atom stereocenters. The fourth-order valence-electron chi connectivity index (χ4n) is 3.12. The van der Waals surface area contributed by atoms with Crippen molar-refractivity contribution in [3.63, 3.8) is 0 Å². The summed E-state index contributed by atoms with van der Waals surface area (Å²) in [5.74, 6) is 1.07. The molecule has 0 aliphatic carbocycles. The number of methoxy groups -OCH3 is 1. The van der Waals surface area contributed by atoms with Crippen molar-refractivity contribution in [2.24, 2.45) is 5.73 Å². The summed E-state index contributed by atoms with van der Waals surface area (Å²) in [6.45, 7) is 1.95. The van der Waals surface area contributed by atoms with Gasteiger partial charge in [0.2, 0.25) is 5.91 Å². The molecule has 1 amide bonds. The smallest absolute Gasteiger partial charge is 0.248 e. The summed E-state index contributed by atoms with van der Waals surface area (Å²) in [5.41, 5.74) is 10.3. The maximum absolute atomic E-state index is 11.3. The van der Waals surface area contributed by atoms with Crippen LogP contribution in [0.5, 0.6) is 5.75 Å². The fourth-order valence-corrected chi connectivity index (χ4v) is 3.12. The van der Waals surface area contributed by atoms with Crippen LogP contribution in [0.25, 0.3) is 28.3 Å². The Kier molecular flexibility index (Phi) is 4.83. The highest BCUT2D eigenvalue weighted by Crippen LogP contribution is 2.29. The Morgan fingerprint density at radius 3 is 2.28 bits per heavy atom. The highest BCUT2D eigenvalue weighted by Gasteiger charge is 2.14. The third-order valence-electron chi connectivity index (χ3n) is 4.65. The molecule has 2 N–H and O–H groups in total. The number of carbonyl (C=O) groups is 1. The summed E-state index contributed by atoms with van der Waals surface area (Å²) in [7, 11) is 1.64. The lowest BCUT2D eigenvalue weighted by atomic mass is 10.1. The zero-order valence-electron chi connectivity index (χ0n) is 16.2. The molecular weight excluding hydrogens is 364 g/mol. The van der Waals surface area contributed by atoms with Gasteiger partial charge in [0, 0.05) is 22.4 Å². The molecule has 2 aromatic carbocycles. The van der Waals surface area contributed by atoms with E-state index in [4.69, 9.17) is 15.6 Å². The van der Waals surface area contributed by atoms with Crippen LogP contribution in [-0.2, 0) is 0 Å². The van der Waals surface area contributed by atoms with E-state index in [9.17, 15) is 4.79 Å². The molecule has 2 aromatic heterocycles. The van der Waals surface area contributed by atoms with Crippen molar-refractivity contribution in [2.45, 2.75) is 6.92 Å². The van der Waals surface area contributed by atoms with Crippen LogP contribution in [0.2, 0.25) is 0 Å². The normalized spacial score (nSPS) is 10.7. The van der Waals surface area contributed by atoms with Crippen LogP contribution in [-0.4, -0.2) is 27.8 Å². The average molecular weight is 384 g/mol. The van der Waals surface area contributed by atoms with Crippen molar-refractivity contribution in [1.29, 1.82) is 0 Å². The minimum Gasteiger partial charge on any atom is -0.497 e. The van der Waals surface area contributed by atoms with E-state index in [-0.39, 0.29) is 0 Å². The molecule has 4 aromatic rings. The van der Waals surface area contributed by atoms with Crippen molar-refractivity contribution in [2.75, 3.05) is 7.11 Å². The molecule has 4 rings (SSSR count). The number of carbonyl (C=O) groups excluding carboxylic acids is 1. The Morgan fingerprint density at radius 1 is 0.966 bits per heavy atom. The maximum atomic E-state index is 11.3. The van der Waals surface area contributed by atoms with Crippen LogP contribution >= 0.6 is 0 Å². The summed E-state index contributed by atoms with van der Waals surface area (Å²) in [4.78, 5) is 16.0. The number of nitrogens with zero attached hydrogens (tertiary/aromatic N) is 3. The highest BCUT2D eigenvalue weighted by atomic mass is 16.5. The number of aromatic nitrogens is 3. The van der Waals surface area contributed by atoms with Crippen LogP contribution in [0, 0.1) is 6.92 Å². The van der Waals surface area contributed by atoms with Crippen molar-refractivity contribution < 1.29 is 9.53 Å². The molecule has 0 saturated carbocycles. The number of aryl methyl sites for hydroxylation is 1.